The molecule has 136 valence electrons. The lowest BCUT2D eigenvalue weighted by Gasteiger charge is -2.10. The minimum Gasteiger partial charge on any atom is -0.493 e. The molecule has 1 aliphatic heterocycles. The molecule has 0 fully saturated rings. The van der Waals surface area contributed by atoms with Crippen LogP contribution >= 0.6 is 0 Å². The van der Waals surface area contributed by atoms with Crippen molar-refractivity contribution in [2.75, 3.05) is 19.0 Å². The highest BCUT2D eigenvalue weighted by molar-refractivity contribution is 6.02. The van der Waals surface area contributed by atoms with Gasteiger partial charge in [-0.05, 0) is 38.1 Å². The highest BCUT2D eigenvalue weighted by Gasteiger charge is 2.21. The van der Waals surface area contributed by atoms with Gasteiger partial charge in [0.05, 0.1) is 25.6 Å². The molecule has 6 nitrogen and oxygen atoms in total. The fraction of sp³-hybridized carbons (Fsp3) is 0.300. The zero-order chi connectivity index (χ0) is 18.5. The van der Waals surface area contributed by atoms with E-state index in [9.17, 15) is 4.79 Å². The molecule has 6 heteroatoms. The Bertz CT molecular complexity index is 815. The number of methoxy groups -OCH3 is 1. The van der Waals surface area contributed by atoms with Crippen molar-refractivity contribution in [3.05, 3.63) is 47.7 Å². The summed E-state index contributed by atoms with van der Waals surface area (Å²) < 4.78 is 16.5. The van der Waals surface area contributed by atoms with Crippen molar-refractivity contribution in [1.82, 2.24) is 4.98 Å². The largest absolute Gasteiger partial charge is 0.493 e. The normalized spacial score (nSPS) is 15.4. The predicted molar refractivity (Wildman–Crippen MR) is 99.9 cm³/mol. The summed E-state index contributed by atoms with van der Waals surface area (Å²) >= 11 is 0. The molecular formula is C20H22N2O4. The van der Waals surface area contributed by atoms with Gasteiger partial charge in [0.1, 0.15) is 17.6 Å². The van der Waals surface area contributed by atoms with Crippen molar-refractivity contribution >= 4 is 17.7 Å². The molecule has 3 rings (SSSR count). The van der Waals surface area contributed by atoms with Gasteiger partial charge in [-0.3, -0.25) is 4.79 Å². The maximum Gasteiger partial charge on any atom is 0.248 e. The monoisotopic (exact) mass is 354 g/mol. The standard InChI is InChI=1S/C20H22N2O4/c1-4-25-17-11-15-9-13(2)26-18(15)10-14(17)5-7-19(23)22-16-6-8-20(24-3)21-12-16/h5-8,10-13H,4,9H2,1-3H3,(H,22,23)/b7-5+. The van der Waals surface area contributed by atoms with E-state index in [0.717, 1.165) is 29.0 Å². The SMILES string of the molecule is CCOc1cc2c(cc1/C=C/C(=O)Nc1ccc(OC)nc1)OC(C)C2. The maximum atomic E-state index is 12.2. The van der Waals surface area contributed by atoms with E-state index in [-0.39, 0.29) is 12.0 Å². The minimum absolute atomic E-state index is 0.157. The Hall–Kier alpha value is -3.02. The summed E-state index contributed by atoms with van der Waals surface area (Å²) in [5.41, 5.74) is 2.53. The molecule has 0 radical (unpaired) electrons. The highest BCUT2D eigenvalue weighted by atomic mass is 16.5. The lowest BCUT2D eigenvalue weighted by atomic mass is 10.1. The van der Waals surface area contributed by atoms with Gasteiger partial charge in [0.25, 0.3) is 0 Å². The van der Waals surface area contributed by atoms with Gasteiger partial charge in [0.2, 0.25) is 11.8 Å². The van der Waals surface area contributed by atoms with E-state index < -0.39 is 0 Å². The number of amides is 1. The van der Waals surface area contributed by atoms with E-state index in [1.54, 1.807) is 31.5 Å². The molecule has 1 aliphatic rings. The summed E-state index contributed by atoms with van der Waals surface area (Å²) in [6, 6.07) is 7.33. The van der Waals surface area contributed by atoms with E-state index in [4.69, 9.17) is 14.2 Å². The van der Waals surface area contributed by atoms with Crippen molar-refractivity contribution < 1.29 is 19.0 Å². The molecule has 0 spiro atoms. The number of carbonyl (C=O) groups excluding carboxylic acids is 1. The molecule has 0 bridgehead atoms. The van der Waals surface area contributed by atoms with Crippen LogP contribution in [0.1, 0.15) is 25.0 Å². The number of aromatic nitrogens is 1. The zero-order valence-corrected chi connectivity index (χ0v) is 15.1. The van der Waals surface area contributed by atoms with Crippen molar-refractivity contribution in [3.8, 4) is 17.4 Å². The molecule has 1 N–H and O–H groups in total. The number of nitrogens with one attached hydrogen (secondary N) is 1. The second-order valence-electron chi connectivity index (χ2n) is 5.98. The Balaban J connectivity index is 1.74. The van der Waals surface area contributed by atoms with Crippen molar-refractivity contribution in [2.24, 2.45) is 0 Å². The highest BCUT2D eigenvalue weighted by Crippen LogP contribution is 2.35. The number of ether oxygens (including phenoxy) is 3. The third-order valence-electron chi connectivity index (χ3n) is 3.96. The molecule has 1 amide bonds. The summed E-state index contributed by atoms with van der Waals surface area (Å²) in [5.74, 6) is 1.83. The van der Waals surface area contributed by atoms with Gasteiger partial charge in [-0.1, -0.05) is 0 Å². The van der Waals surface area contributed by atoms with Crippen LogP contribution in [0, 0.1) is 0 Å². The van der Waals surface area contributed by atoms with Crippen LogP contribution in [0.25, 0.3) is 6.08 Å². The molecule has 1 atom stereocenters. The second-order valence-corrected chi connectivity index (χ2v) is 5.98. The number of fused-ring (bicyclic) bond motifs is 1. The first-order chi connectivity index (χ1) is 12.6. The van der Waals surface area contributed by atoms with E-state index in [1.165, 1.54) is 6.08 Å². The third-order valence-corrected chi connectivity index (χ3v) is 3.96. The summed E-state index contributed by atoms with van der Waals surface area (Å²) in [5, 5.41) is 2.76. The van der Waals surface area contributed by atoms with Gasteiger partial charge in [-0.2, -0.15) is 0 Å². The quantitative estimate of drug-likeness (QED) is 0.805. The average molecular weight is 354 g/mol. The number of benzene rings is 1. The zero-order valence-electron chi connectivity index (χ0n) is 15.1. The van der Waals surface area contributed by atoms with E-state index >= 15 is 0 Å². The molecule has 0 saturated carbocycles. The fourth-order valence-electron chi connectivity index (χ4n) is 2.79. The first kappa shape index (κ1) is 17.8. The Morgan fingerprint density at radius 2 is 2.27 bits per heavy atom. The number of pyridine rings is 1. The number of anilines is 1. The van der Waals surface area contributed by atoms with E-state index in [0.29, 0.717) is 18.2 Å². The lowest BCUT2D eigenvalue weighted by Crippen LogP contribution is -2.08. The molecule has 0 saturated heterocycles. The van der Waals surface area contributed by atoms with E-state index in [2.05, 4.69) is 10.3 Å². The average Bonchev–Trinajstić information content (AvgIpc) is 2.99. The number of rotatable bonds is 6. The van der Waals surface area contributed by atoms with Gasteiger partial charge >= 0.3 is 0 Å². The van der Waals surface area contributed by atoms with Gasteiger partial charge in [0, 0.05) is 29.7 Å². The molecule has 1 aromatic carbocycles. The molecule has 26 heavy (non-hydrogen) atoms. The Morgan fingerprint density at radius 3 is 2.96 bits per heavy atom. The summed E-state index contributed by atoms with van der Waals surface area (Å²) in [7, 11) is 1.54. The number of nitrogens with zero attached hydrogens (tertiary/aromatic N) is 1. The second kappa shape index (κ2) is 7.91. The molecule has 1 aromatic heterocycles. The van der Waals surface area contributed by atoms with Crippen LogP contribution in [0.15, 0.2) is 36.5 Å². The maximum absolute atomic E-state index is 12.2. The van der Waals surface area contributed by atoms with Crippen LogP contribution in [0.2, 0.25) is 0 Å². The Labute approximate surface area is 152 Å². The molecule has 2 heterocycles. The van der Waals surface area contributed by atoms with Crippen LogP contribution in [-0.4, -0.2) is 30.7 Å². The summed E-state index contributed by atoms with van der Waals surface area (Å²) in [6.45, 7) is 4.52. The number of hydrogen-bond donors (Lipinski definition) is 1. The fourth-order valence-corrected chi connectivity index (χ4v) is 2.79. The van der Waals surface area contributed by atoms with Crippen LogP contribution in [0.4, 0.5) is 5.69 Å². The van der Waals surface area contributed by atoms with Crippen LogP contribution < -0.4 is 19.5 Å². The predicted octanol–water partition coefficient (Wildman–Crippen LogP) is 3.46. The molecule has 0 aliphatic carbocycles. The summed E-state index contributed by atoms with van der Waals surface area (Å²) in [4.78, 5) is 16.2. The minimum atomic E-state index is -0.255. The molecule has 1 unspecified atom stereocenters. The Kier molecular flexibility index (Phi) is 5.41. The molecule has 2 aromatic rings. The first-order valence-corrected chi connectivity index (χ1v) is 8.54. The van der Waals surface area contributed by atoms with Gasteiger partial charge in [-0.15, -0.1) is 0 Å². The first-order valence-electron chi connectivity index (χ1n) is 8.54. The summed E-state index contributed by atoms with van der Waals surface area (Å²) in [6.07, 6.45) is 5.76. The Morgan fingerprint density at radius 1 is 1.42 bits per heavy atom. The third kappa shape index (κ3) is 4.14. The van der Waals surface area contributed by atoms with Crippen LogP contribution in [0.3, 0.4) is 0 Å². The number of carbonyl (C=O) groups is 1. The topological polar surface area (TPSA) is 69.7 Å². The van der Waals surface area contributed by atoms with Crippen molar-refractivity contribution in [1.29, 1.82) is 0 Å². The van der Waals surface area contributed by atoms with Gasteiger partial charge in [-0.25, -0.2) is 4.98 Å². The van der Waals surface area contributed by atoms with E-state index in [1.807, 2.05) is 26.0 Å². The van der Waals surface area contributed by atoms with Crippen LogP contribution in [-0.2, 0) is 11.2 Å². The number of hydrogen-bond acceptors (Lipinski definition) is 5. The van der Waals surface area contributed by atoms with Crippen molar-refractivity contribution in [3.63, 3.8) is 0 Å². The lowest BCUT2D eigenvalue weighted by molar-refractivity contribution is -0.111. The smallest absolute Gasteiger partial charge is 0.248 e. The van der Waals surface area contributed by atoms with Gasteiger partial charge in [0.15, 0.2) is 0 Å². The van der Waals surface area contributed by atoms with Crippen molar-refractivity contribution in [2.45, 2.75) is 26.4 Å². The van der Waals surface area contributed by atoms with Gasteiger partial charge < -0.3 is 19.5 Å². The van der Waals surface area contributed by atoms with Crippen LogP contribution in [0.5, 0.6) is 17.4 Å². The molecular weight excluding hydrogens is 332 g/mol.